The van der Waals surface area contributed by atoms with Crippen LogP contribution in [0.5, 0.6) is 0 Å². The molecule has 3 rings (SSSR count). The van der Waals surface area contributed by atoms with E-state index in [0.717, 1.165) is 30.4 Å². The van der Waals surface area contributed by atoms with Crippen LogP contribution in [-0.4, -0.2) is 64.7 Å². The molecule has 0 bridgehead atoms. The molecule has 3 N–H and O–H groups in total. The fraction of sp³-hybridized carbons (Fsp3) is 0.596. The Balaban J connectivity index is 1.49. The highest BCUT2D eigenvalue weighted by atomic mass is 16.7. The van der Waals surface area contributed by atoms with Gasteiger partial charge in [-0.15, -0.1) is 0 Å². The predicted octanol–water partition coefficient (Wildman–Crippen LogP) is 13.3. The van der Waals surface area contributed by atoms with Crippen molar-refractivity contribution in [2.45, 2.75) is 197 Å². The van der Waals surface area contributed by atoms with Gasteiger partial charge in [0.2, 0.25) is 0 Å². The monoisotopic (exact) mass is 883 g/mol. The van der Waals surface area contributed by atoms with Crippen LogP contribution in [0.25, 0.3) is 0 Å². The largest absolute Gasteiger partial charge is 0.463 e. The lowest BCUT2D eigenvalue weighted by Gasteiger charge is -2.43. The summed E-state index contributed by atoms with van der Waals surface area (Å²) in [5.74, 6) is 0.354. The number of aliphatic hydroxyl groups excluding tert-OH is 3. The van der Waals surface area contributed by atoms with Gasteiger partial charge in [-0.25, -0.2) is 0 Å². The molecule has 0 radical (unpaired) electrons. The summed E-state index contributed by atoms with van der Waals surface area (Å²) >= 11 is 0. The first-order valence-electron chi connectivity index (χ1n) is 24.2. The van der Waals surface area contributed by atoms with E-state index < -0.39 is 30.7 Å². The molecule has 64 heavy (non-hydrogen) atoms. The SMILES string of the molecule is CC1=C(/C=C/C(C)=C/C=C/C(C)=C/C=C/C=C(C)/C=C/C=C(C)/C=C/C2=C(C)C[C@@H](OC3O[C@H](COC(=O)CCCCCCCC(C)C)[C@@H](O)[C@H](O)[C@H]3O)CC2(C)C)C(C)(C)CCC1. The first kappa shape index (κ1) is 54.7. The van der Waals surface area contributed by atoms with Crippen molar-refractivity contribution in [1.29, 1.82) is 0 Å². The number of esters is 1. The summed E-state index contributed by atoms with van der Waals surface area (Å²) < 4.78 is 17.7. The van der Waals surface area contributed by atoms with Crippen molar-refractivity contribution in [3.8, 4) is 0 Å². The lowest BCUT2D eigenvalue weighted by molar-refractivity contribution is -0.313. The third-order valence-corrected chi connectivity index (χ3v) is 12.9. The second-order valence-corrected chi connectivity index (χ2v) is 20.5. The Kier molecular flexibility index (Phi) is 23.2. The van der Waals surface area contributed by atoms with E-state index in [9.17, 15) is 20.1 Å². The van der Waals surface area contributed by atoms with E-state index in [1.54, 1.807) is 0 Å². The summed E-state index contributed by atoms with van der Waals surface area (Å²) in [7, 11) is 0. The Bertz CT molecular complexity index is 1850. The van der Waals surface area contributed by atoms with E-state index in [1.807, 2.05) is 0 Å². The third-order valence-electron chi connectivity index (χ3n) is 12.9. The molecule has 0 amide bonds. The second kappa shape index (κ2) is 27.1. The molecule has 1 aliphatic heterocycles. The van der Waals surface area contributed by atoms with Crippen LogP contribution in [0, 0.1) is 16.7 Å². The molecule has 0 aromatic carbocycles. The molecule has 0 aromatic rings. The standard InChI is InChI=1S/C57H86O7/c1-40(2)23-16-14-13-15-17-31-51(58)62-39-50-52(59)53(60)54(61)55(64-50)63-47-37-46(8)49(57(11,12)38-47)35-33-44(6)29-21-27-42(4)25-19-18-24-41(3)26-20-28-43(5)32-34-48-45(7)30-22-36-56(48,9)10/h18-21,24-29,32-35,40,47,50,52-55,59-61H,13-17,22-23,30-31,36-39H2,1-12H3/b19-18+,26-20+,27-21+,34-32+,35-33+,41-24+,42-25+,43-28+,44-29+/t47-,50-,52-,53+,54-,55?/m1/s1. The van der Waals surface area contributed by atoms with Gasteiger partial charge in [0.1, 0.15) is 31.0 Å². The molecule has 0 spiro atoms. The van der Waals surface area contributed by atoms with Gasteiger partial charge in [-0.2, -0.15) is 0 Å². The molecule has 1 unspecified atom stereocenters. The number of hydrogen-bond acceptors (Lipinski definition) is 7. The average molecular weight is 883 g/mol. The minimum absolute atomic E-state index is 0.221. The molecular formula is C57H86O7. The zero-order chi connectivity index (χ0) is 47.5. The zero-order valence-corrected chi connectivity index (χ0v) is 41.8. The molecule has 7 nitrogen and oxygen atoms in total. The van der Waals surface area contributed by atoms with Crippen molar-refractivity contribution in [2.24, 2.45) is 16.7 Å². The number of hydrogen-bond donors (Lipinski definition) is 3. The molecule has 0 aromatic heterocycles. The van der Waals surface area contributed by atoms with E-state index in [1.165, 1.54) is 72.0 Å². The number of rotatable bonds is 22. The number of carbonyl (C=O) groups is 1. The van der Waals surface area contributed by atoms with Crippen molar-refractivity contribution < 1.29 is 34.3 Å². The van der Waals surface area contributed by atoms with Crippen LogP contribution in [0.2, 0.25) is 0 Å². The Morgan fingerprint density at radius 3 is 1.80 bits per heavy atom. The Labute approximate surface area is 388 Å². The summed E-state index contributed by atoms with van der Waals surface area (Å²) in [5, 5.41) is 32.2. The molecule has 1 saturated heterocycles. The van der Waals surface area contributed by atoms with Crippen molar-refractivity contribution in [2.75, 3.05) is 6.61 Å². The molecule has 2 aliphatic carbocycles. The van der Waals surface area contributed by atoms with Crippen LogP contribution in [0.3, 0.4) is 0 Å². The number of carbonyl (C=O) groups excluding carboxylic acids is 1. The molecule has 6 atom stereocenters. The fourth-order valence-electron chi connectivity index (χ4n) is 8.98. The van der Waals surface area contributed by atoms with Gasteiger partial charge in [-0.3, -0.25) is 4.79 Å². The zero-order valence-electron chi connectivity index (χ0n) is 41.8. The molecule has 356 valence electrons. The molecule has 3 aliphatic rings. The van der Waals surface area contributed by atoms with E-state index in [4.69, 9.17) is 14.2 Å². The van der Waals surface area contributed by atoms with Gasteiger partial charge in [0.25, 0.3) is 0 Å². The second-order valence-electron chi connectivity index (χ2n) is 20.5. The lowest BCUT2D eigenvalue weighted by atomic mass is 9.71. The van der Waals surface area contributed by atoms with E-state index in [0.29, 0.717) is 25.2 Å². The fourth-order valence-corrected chi connectivity index (χ4v) is 8.98. The molecular weight excluding hydrogens is 797 g/mol. The van der Waals surface area contributed by atoms with Crippen molar-refractivity contribution >= 4 is 5.97 Å². The number of aliphatic hydroxyl groups is 3. The normalized spacial score (nSPS) is 26.6. The number of unbranched alkanes of at least 4 members (excludes halogenated alkanes) is 4. The number of ether oxygens (including phenoxy) is 3. The molecule has 7 heteroatoms. The summed E-state index contributed by atoms with van der Waals surface area (Å²) in [6.07, 6.45) is 34.9. The van der Waals surface area contributed by atoms with E-state index in [2.05, 4.69) is 168 Å². The summed E-state index contributed by atoms with van der Waals surface area (Å²) in [4.78, 5) is 12.4. The minimum atomic E-state index is -1.49. The molecule has 1 heterocycles. The Morgan fingerprint density at radius 2 is 1.23 bits per heavy atom. The summed E-state index contributed by atoms with van der Waals surface area (Å²) in [5.41, 5.74) is 10.1. The molecule has 1 fully saturated rings. The maximum absolute atomic E-state index is 12.4. The Morgan fingerprint density at radius 1 is 0.703 bits per heavy atom. The van der Waals surface area contributed by atoms with Crippen LogP contribution in [0.15, 0.2) is 130 Å². The van der Waals surface area contributed by atoms with Gasteiger partial charge in [0.15, 0.2) is 6.29 Å². The predicted molar refractivity (Wildman–Crippen MR) is 266 cm³/mol. The van der Waals surface area contributed by atoms with Gasteiger partial charge in [-0.05, 0) is 108 Å². The summed E-state index contributed by atoms with van der Waals surface area (Å²) in [6, 6.07) is 0. The van der Waals surface area contributed by atoms with E-state index in [-0.39, 0.29) is 29.5 Å². The quantitative estimate of drug-likeness (QED) is 0.0565. The van der Waals surface area contributed by atoms with E-state index >= 15 is 0 Å². The van der Waals surface area contributed by atoms with Gasteiger partial charge >= 0.3 is 5.97 Å². The van der Waals surface area contributed by atoms with Crippen molar-refractivity contribution in [3.05, 3.63) is 130 Å². The summed E-state index contributed by atoms with van der Waals surface area (Å²) in [6.45, 7) is 26.1. The van der Waals surface area contributed by atoms with Gasteiger partial charge in [-0.1, -0.05) is 192 Å². The number of allylic oxidation sites excluding steroid dienone is 21. The highest BCUT2D eigenvalue weighted by Crippen LogP contribution is 2.43. The van der Waals surface area contributed by atoms with Gasteiger partial charge in [0.05, 0.1) is 6.10 Å². The first-order valence-corrected chi connectivity index (χ1v) is 24.2. The Hall–Kier alpha value is -3.59. The lowest BCUT2D eigenvalue weighted by Crippen LogP contribution is -2.60. The smallest absolute Gasteiger partial charge is 0.305 e. The van der Waals surface area contributed by atoms with Crippen LogP contribution in [-0.2, 0) is 19.0 Å². The van der Waals surface area contributed by atoms with Gasteiger partial charge in [0, 0.05) is 6.42 Å². The van der Waals surface area contributed by atoms with Crippen LogP contribution >= 0.6 is 0 Å². The van der Waals surface area contributed by atoms with Crippen LogP contribution in [0.4, 0.5) is 0 Å². The van der Waals surface area contributed by atoms with Crippen LogP contribution < -0.4 is 0 Å². The topological polar surface area (TPSA) is 105 Å². The maximum atomic E-state index is 12.4. The maximum Gasteiger partial charge on any atom is 0.305 e. The average Bonchev–Trinajstić information content (AvgIpc) is 3.20. The van der Waals surface area contributed by atoms with Crippen molar-refractivity contribution in [3.63, 3.8) is 0 Å². The highest BCUT2D eigenvalue weighted by Gasteiger charge is 2.46. The van der Waals surface area contributed by atoms with Gasteiger partial charge < -0.3 is 29.5 Å². The van der Waals surface area contributed by atoms with Crippen LogP contribution in [0.1, 0.15) is 160 Å². The third kappa shape index (κ3) is 19.1. The minimum Gasteiger partial charge on any atom is -0.463 e. The van der Waals surface area contributed by atoms with Crippen molar-refractivity contribution in [1.82, 2.24) is 0 Å². The highest BCUT2D eigenvalue weighted by molar-refractivity contribution is 5.69. The first-order chi connectivity index (χ1) is 30.2. The molecule has 0 saturated carbocycles.